The third-order valence-corrected chi connectivity index (χ3v) is 5.50. The number of esters is 2. The Balaban J connectivity index is 2.81. The number of rotatable bonds is 12. The SMILES string of the molecule is CS(=O)(=O)SCCOC(=O)c1ccc([N+](=O)[O-])cc1OC(=O)CCCO[N+](=O)[O-]. The summed E-state index contributed by atoms with van der Waals surface area (Å²) in [6.07, 6.45) is 0.622. The summed E-state index contributed by atoms with van der Waals surface area (Å²) in [6.45, 7) is -0.622. The van der Waals surface area contributed by atoms with Crippen LogP contribution < -0.4 is 4.74 Å². The predicted octanol–water partition coefficient (Wildman–Crippen LogP) is 1.34. The van der Waals surface area contributed by atoms with Gasteiger partial charge in [0, 0.05) is 24.5 Å². The van der Waals surface area contributed by atoms with Crippen molar-refractivity contribution in [2.75, 3.05) is 25.2 Å². The molecule has 13 nitrogen and oxygen atoms in total. The molecule has 0 unspecified atom stereocenters. The highest BCUT2D eigenvalue weighted by atomic mass is 33.1. The third kappa shape index (κ3) is 9.70. The van der Waals surface area contributed by atoms with Gasteiger partial charge in [-0.15, -0.1) is 10.1 Å². The van der Waals surface area contributed by atoms with Gasteiger partial charge in [0.2, 0.25) is 0 Å². The van der Waals surface area contributed by atoms with Crippen LogP contribution >= 0.6 is 10.8 Å². The van der Waals surface area contributed by atoms with Crippen molar-refractivity contribution in [3.8, 4) is 5.75 Å². The van der Waals surface area contributed by atoms with Gasteiger partial charge in [-0.05, 0) is 23.3 Å². The van der Waals surface area contributed by atoms with E-state index in [0.29, 0.717) is 10.8 Å². The molecular formula is C14H16N2O11S2. The monoisotopic (exact) mass is 452 g/mol. The minimum absolute atomic E-state index is 0.0386. The minimum Gasteiger partial charge on any atom is -0.461 e. The Morgan fingerprint density at radius 2 is 1.86 bits per heavy atom. The molecule has 0 bridgehead atoms. The van der Waals surface area contributed by atoms with Crippen LogP contribution in [0.4, 0.5) is 5.69 Å². The Morgan fingerprint density at radius 1 is 1.17 bits per heavy atom. The van der Waals surface area contributed by atoms with Gasteiger partial charge in [-0.3, -0.25) is 14.9 Å². The van der Waals surface area contributed by atoms with E-state index in [1.165, 1.54) is 0 Å². The van der Waals surface area contributed by atoms with Crippen LogP contribution in [-0.2, 0) is 23.2 Å². The van der Waals surface area contributed by atoms with E-state index < -0.39 is 42.3 Å². The highest BCUT2D eigenvalue weighted by molar-refractivity contribution is 8.71. The van der Waals surface area contributed by atoms with Gasteiger partial charge in [0.05, 0.1) is 17.6 Å². The summed E-state index contributed by atoms with van der Waals surface area (Å²) >= 11 is 0. The van der Waals surface area contributed by atoms with Crippen molar-refractivity contribution in [2.45, 2.75) is 12.8 Å². The van der Waals surface area contributed by atoms with Crippen molar-refractivity contribution < 1.29 is 42.3 Å². The van der Waals surface area contributed by atoms with E-state index in [1.807, 2.05) is 0 Å². The number of nitro benzene ring substituents is 1. The minimum atomic E-state index is -3.31. The van der Waals surface area contributed by atoms with Crippen molar-refractivity contribution in [3.05, 3.63) is 44.0 Å². The van der Waals surface area contributed by atoms with Crippen molar-refractivity contribution in [1.82, 2.24) is 0 Å². The van der Waals surface area contributed by atoms with Crippen LogP contribution in [0.3, 0.4) is 0 Å². The summed E-state index contributed by atoms with van der Waals surface area (Å²) < 4.78 is 31.9. The molecule has 0 radical (unpaired) electrons. The molecule has 1 aromatic carbocycles. The number of hydrogen-bond donors (Lipinski definition) is 0. The molecule has 0 aromatic heterocycles. The van der Waals surface area contributed by atoms with Crippen molar-refractivity contribution in [3.63, 3.8) is 0 Å². The number of carbonyl (C=O) groups is 2. The Bertz CT molecular complexity index is 886. The lowest BCUT2D eigenvalue weighted by atomic mass is 10.2. The predicted molar refractivity (Wildman–Crippen MR) is 98.5 cm³/mol. The lowest BCUT2D eigenvalue weighted by Crippen LogP contribution is -2.15. The molecule has 0 N–H and O–H groups in total. The first-order valence-electron chi connectivity index (χ1n) is 7.77. The van der Waals surface area contributed by atoms with Gasteiger partial charge in [0.25, 0.3) is 10.8 Å². The van der Waals surface area contributed by atoms with Crippen molar-refractivity contribution in [2.24, 2.45) is 0 Å². The molecule has 160 valence electrons. The van der Waals surface area contributed by atoms with Crippen LogP contribution in [0.25, 0.3) is 0 Å². The molecule has 0 fully saturated rings. The van der Waals surface area contributed by atoms with E-state index in [0.717, 1.165) is 24.5 Å². The topological polar surface area (TPSA) is 182 Å². The van der Waals surface area contributed by atoms with E-state index in [2.05, 4.69) is 4.84 Å². The number of carbonyl (C=O) groups excluding carboxylic acids is 2. The highest BCUT2D eigenvalue weighted by Crippen LogP contribution is 2.26. The van der Waals surface area contributed by atoms with Crippen molar-refractivity contribution in [1.29, 1.82) is 0 Å². The van der Waals surface area contributed by atoms with Gasteiger partial charge in [-0.25, -0.2) is 13.2 Å². The zero-order valence-corrected chi connectivity index (χ0v) is 16.6. The molecular weight excluding hydrogens is 436 g/mol. The van der Waals surface area contributed by atoms with E-state index in [-0.39, 0.29) is 37.4 Å². The average molecular weight is 452 g/mol. The quantitative estimate of drug-likeness (QED) is 0.111. The molecule has 15 heteroatoms. The standard InChI is InChI=1S/C14H16N2O11S2/c1-29(23,24)28-8-7-25-14(18)11-5-4-10(15(19)20)9-12(11)27-13(17)3-2-6-26-16(21)22/h4-5,9H,2-3,6-8H2,1H3. The fraction of sp³-hybridized carbons (Fsp3) is 0.429. The largest absolute Gasteiger partial charge is 0.461 e. The van der Waals surface area contributed by atoms with E-state index in [9.17, 15) is 38.2 Å². The summed E-state index contributed by atoms with van der Waals surface area (Å²) in [7, 11) is -2.75. The first-order chi connectivity index (χ1) is 13.5. The Hall–Kier alpha value is -2.94. The van der Waals surface area contributed by atoms with E-state index in [1.54, 1.807) is 0 Å². The van der Waals surface area contributed by atoms with Gasteiger partial charge < -0.3 is 14.3 Å². The maximum atomic E-state index is 12.2. The van der Waals surface area contributed by atoms with Gasteiger partial charge in [-0.1, -0.05) is 0 Å². The number of ether oxygens (including phenoxy) is 2. The second-order valence-corrected chi connectivity index (χ2v) is 9.81. The summed E-state index contributed by atoms with van der Waals surface area (Å²) in [4.78, 5) is 48.2. The average Bonchev–Trinajstić information content (AvgIpc) is 2.61. The van der Waals surface area contributed by atoms with Crippen molar-refractivity contribution >= 4 is 37.3 Å². The number of nitro groups is 1. The molecule has 0 atom stereocenters. The third-order valence-electron chi connectivity index (χ3n) is 2.96. The van der Waals surface area contributed by atoms with Crippen LogP contribution in [-0.4, -0.2) is 55.6 Å². The zero-order valence-electron chi connectivity index (χ0n) is 15.0. The number of non-ortho nitro benzene ring substituents is 1. The molecule has 1 aromatic rings. The molecule has 0 saturated heterocycles. The second kappa shape index (κ2) is 11.2. The first kappa shape index (κ1) is 24.1. The molecule has 29 heavy (non-hydrogen) atoms. The maximum absolute atomic E-state index is 12.2. The molecule has 0 aliphatic heterocycles. The fourth-order valence-corrected chi connectivity index (χ4v) is 3.37. The van der Waals surface area contributed by atoms with E-state index in [4.69, 9.17) is 9.47 Å². The van der Waals surface area contributed by atoms with Crippen LogP contribution in [0, 0.1) is 20.2 Å². The lowest BCUT2D eigenvalue weighted by molar-refractivity contribution is -0.757. The number of hydrogen-bond acceptors (Lipinski definition) is 12. The summed E-state index contributed by atoms with van der Waals surface area (Å²) in [5.41, 5.74) is -0.733. The molecule has 0 aliphatic rings. The zero-order chi connectivity index (χ0) is 22.0. The lowest BCUT2D eigenvalue weighted by Gasteiger charge is -2.10. The van der Waals surface area contributed by atoms with Gasteiger partial charge in [0.1, 0.15) is 12.2 Å². The Morgan fingerprint density at radius 3 is 2.45 bits per heavy atom. The maximum Gasteiger partial charge on any atom is 0.341 e. The van der Waals surface area contributed by atoms with Gasteiger partial charge in [-0.2, -0.15) is 0 Å². The summed E-state index contributed by atoms with van der Waals surface area (Å²) in [5, 5.41) is 19.9. The Labute approximate surface area is 167 Å². The molecule has 0 spiro atoms. The summed E-state index contributed by atoms with van der Waals surface area (Å²) in [5.74, 6) is -2.35. The molecule has 0 saturated carbocycles. The normalized spacial score (nSPS) is 10.8. The number of benzene rings is 1. The first-order valence-corrected chi connectivity index (χ1v) is 11.2. The Kier molecular flexibility index (Phi) is 9.27. The second-order valence-electron chi connectivity index (χ2n) is 5.23. The smallest absolute Gasteiger partial charge is 0.341 e. The van der Waals surface area contributed by atoms with Gasteiger partial charge >= 0.3 is 11.9 Å². The fourth-order valence-electron chi connectivity index (χ4n) is 1.80. The highest BCUT2D eigenvalue weighted by Gasteiger charge is 2.21. The molecule has 0 heterocycles. The number of nitrogens with zero attached hydrogens (tertiary/aromatic N) is 2. The van der Waals surface area contributed by atoms with Crippen LogP contribution in [0.1, 0.15) is 23.2 Å². The molecule has 1 rings (SSSR count). The molecule has 0 aliphatic carbocycles. The van der Waals surface area contributed by atoms with Crippen LogP contribution in [0.2, 0.25) is 0 Å². The van der Waals surface area contributed by atoms with E-state index >= 15 is 0 Å². The van der Waals surface area contributed by atoms with Gasteiger partial charge in [0.15, 0.2) is 14.6 Å². The van der Waals surface area contributed by atoms with Crippen LogP contribution in [0.15, 0.2) is 18.2 Å². The summed E-state index contributed by atoms with van der Waals surface area (Å²) in [6, 6.07) is 2.89. The van der Waals surface area contributed by atoms with Crippen LogP contribution in [0.5, 0.6) is 5.75 Å². The molecule has 0 amide bonds.